The topological polar surface area (TPSA) is 46.3 Å². The summed E-state index contributed by atoms with van der Waals surface area (Å²) in [6.45, 7) is 1.65. The van der Waals surface area contributed by atoms with Gasteiger partial charge in [0, 0.05) is 10.0 Å². The number of hydrogen-bond acceptors (Lipinski definition) is 3. The van der Waals surface area contributed by atoms with Crippen LogP contribution in [0.5, 0.6) is 0 Å². The van der Waals surface area contributed by atoms with Crippen LogP contribution in [0.1, 0.15) is 11.3 Å². The zero-order valence-corrected chi connectivity index (χ0v) is 10.8. The van der Waals surface area contributed by atoms with E-state index in [1.165, 1.54) is 0 Å². The third-order valence-corrected chi connectivity index (χ3v) is 2.79. The number of aromatic nitrogens is 1. The molecule has 0 unspecified atom stereocenters. The zero-order valence-electron chi connectivity index (χ0n) is 9.20. The highest BCUT2D eigenvalue weighted by Crippen LogP contribution is 2.26. The number of rotatable bonds is 1. The van der Waals surface area contributed by atoms with Crippen molar-refractivity contribution in [1.82, 2.24) is 5.16 Å². The van der Waals surface area contributed by atoms with Crippen molar-refractivity contribution in [1.29, 1.82) is 0 Å². The minimum absolute atomic E-state index is 0.176. The number of halogens is 1. The first-order valence-corrected chi connectivity index (χ1v) is 5.83. The molecule has 0 bridgehead atoms. The number of benzene rings is 1. The predicted octanol–water partition coefficient (Wildman–Crippen LogP) is 2.76. The van der Waals surface area contributed by atoms with Crippen molar-refractivity contribution < 1.29 is 9.63 Å². The molecule has 0 fully saturated rings. The van der Waals surface area contributed by atoms with Crippen LogP contribution >= 0.6 is 15.9 Å². The van der Waals surface area contributed by atoms with Crippen molar-refractivity contribution in [2.75, 3.05) is 6.61 Å². The largest absolute Gasteiger partial charge is 0.384 e. The standard InChI is InChI=1S/C13H10BrNO2/c1-9-12(3-2-8-16)13(17-15-9)10-4-6-11(14)7-5-10/h4-7,16H,8H2,1H3. The molecule has 86 valence electrons. The fraction of sp³-hybridized carbons (Fsp3) is 0.154. The minimum atomic E-state index is -0.176. The highest BCUT2D eigenvalue weighted by Gasteiger charge is 2.12. The summed E-state index contributed by atoms with van der Waals surface area (Å²) >= 11 is 3.38. The fourth-order valence-corrected chi connectivity index (χ4v) is 1.71. The van der Waals surface area contributed by atoms with Gasteiger partial charge < -0.3 is 9.63 Å². The summed E-state index contributed by atoms with van der Waals surface area (Å²) in [4.78, 5) is 0. The van der Waals surface area contributed by atoms with Crippen molar-refractivity contribution in [3.63, 3.8) is 0 Å². The van der Waals surface area contributed by atoms with Crippen LogP contribution in [0.25, 0.3) is 11.3 Å². The van der Waals surface area contributed by atoms with Crippen molar-refractivity contribution >= 4 is 15.9 Å². The van der Waals surface area contributed by atoms with Gasteiger partial charge in [0.05, 0.1) is 11.3 Å². The van der Waals surface area contributed by atoms with Gasteiger partial charge in [-0.2, -0.15) is 0 Å². The molecule has 3 nitrogen and oxygen atoms in total. The maximum Gasteiger partial charge on any atom is 0.182 e. The Kier molecular flexibility index (Phi) is 3.62. The minimum Gasteiger partial charge on any atom is -0.384 e. The monoisotopic (exact) mass is 291 g/mol. The number of aliphatic hydroxyl groups is 1. The molecule has 0 aliphatic heterocycles. The van der Waals surface area contributed by atoms with Crippen LogP contribution < -0.4 is 0 Å². The quantitative estimate of drug-likeness (QED) is 0.822. The number of aliphatic hydroxyl groups excluding tert-OH is 1. The molecule has 1 heterocycles. The molecule has 0 amide bonds. The van der Waals surface area contributed by atoms with Crippen LogP contribution in [0.4, 0.5) is 0 Å². The van der Waals surface area contributed by atoms with Gasteiger partial charge in [-0.1, -0.05) is 32.9 Å². The van der Waals surface area contributed by atoms with Gasteiger partial charge in [-0.25, -0.2) is 0 Å². The van der Waals surface area contributed by atoms with Crippen LogP contribution in [0.2, 0.25) is 0 Å². The maximum atomic E-state index is 8.72. The van der Waals surface area contributed by atoms with E-state index in [0.717, 1.165) is 21.3 Å². The summed E-state index contributed by atoms with van der Waals surface area (Å²) in [7, 11) is 0. The molecule has 2 rings (SSSR count). The van der Waals surface area contributed by atoms with Gasteiger partial charge in [0.25, 0.3) is 0 Å². The Morgan fingerprint density at radius 3 is 2.71 bits per heavy atom. The lowest BCUT2D eigenvalue weighted by Crippen LogP contribution is -1.82. The number of nitrogens with zero attached hydrogens (tertiary/aromatic N) is 1. The van der Waals surface area contributed by atoms with E-state index in [1.807, 2.05) is 31.2 Å². The molecule has 0 radical (unpaired) electrons. The summed E-state index contributed by atoms with van der Waals surface area (Å²) in [6.07, 6.45) is 0. The molecular formula is C13H10BrNO2. The second-order valence-corrected chi connectivity index (χ2v) is 4.35. The zero-order chi connectivity index (χ0) is 12.3. The molecule has 0 aliphatic rings. The van der Waals surface area contributed by atoms with Crippen LogP contribution in [0, 0.1) is 18.8 Å². The molecule has 0 saturated heterocycles. The van der Waals surface area contributed by atoms with E-state index in [0.29, 0.717) is 5.76 Å². The van der Waals surface area contributed by atoms with Crippen molar-refractivity contribution in [2.24, 2.45) is 0 Å². The van der Waals surface area contributed by atoms with Gasteiger partial charge >= 0.3 is 0 Å². The molecule has 0 spiro atoms. The van der Waals surface area contributed by atoms with E-state index >= 15 is 0 Å². The molecule has 1 N–H and O–H groups in total. The van der Waals surface area contributed by atoms with Gasteiger partial charge in [0.1, 0.15) is 6.61 Å². The smallest absolute Gasteiger partial charge is 0.182 e. The first-order chi connectivity index (χ1) is 8.22. The van der Waals surface area contributed by atoms with Crippen LogP contribution in [-0.4, -0.2) is 16.9 Å². The lowest BCUT2D eigenvalue weighted by Gasteiger charge is -1.97. The lowest BCUT2D eigenvalue weighted by atomic mass is 10.1. The van der Waals surface area contributed by atoms with Crippen molar-refractivity contribution in [3.05, 3.63) is 40.0 Å². The van der Waals surface area contributed by atoms with Gasteiger partial charge in [-0.05, 0) is 31.2 Å². The molecular weight excluding hydrogens is 282 g/mol. The van der Waals surface area contributed by atoms with E-state index in [-0.39, 0.29) is 6.61 Å². The van der Waals surface area contributed by atoms with Gasteiger partial charge in [0.15, 0.2) is 5.76 Å². The van der Waals surface area contributed by atoms with E-state index in [4.69, 9.17) is 9.63 Å². The van der Waals surface area contributed by atoms with Crippen molar-refractivity contribution in [3.8, 4) is 23.2 Å². The Bertz CT molecular complexity index is 576. The average molecular weight is 292 g/mol. The summed E-state index contributed by atoms with van der Waals surface area (Å²) < 4.78 is 6.27. The highest BCUT2D eigenvalue weighted by atomic mass is 79.9. The summed E-state index contributed by atoms with van der Waals surface area (Å²) in [6, 6.07) is 7.70. The molecule has 17 heavy (non-hydrogen) atoms. The second-order valence-electron chi connectivity index (χ2n) is 3.44. The van der Waals surface area contributed by atoms with Crippen LogP contribution in [0.3, 0.4) is 0 Å². The molecule has 0 saturated carbocycles. The fourth-order valence-electron chi connectivity index (χ4n) is 1.44. The Balaban J connectivity index is 2.49. The maximum absolute atomic E-state index is 8.72. The normalized spacial score (nSPS) is 9.82. The van der Waals surface area contributed by atoms with E-state index < -0.39 is 0 Å². The van der Waals surface area contributed by atoms with Crippen molar-refractivity contribution in [2.45, 2.75) is 6.92 Å². The van der Waals surface area contributed by atoms with Gasteiger partial charge in [0.2, 0.25) is 0 Å². The van der Waals surface area contributed by atoms with E-state index in [9.17, 15) is 0 Å². The summed E-state index contributed by atoms with van der Waals surface area (Å²) in [5.74, 6) is 6.10. The molecule has 4 heteroatoms. The molecule has 2 aromatic rings. The van der Waals surface area contributed by atoms with Crippen LogP contribution in [0.15, 0.2) is 33.3 Å². The number of aryl methyl sites for hydroxylation is 1. The third-order valence-electron chi connectivity index (χ3n) is 2.26. The first-order valence-electron chi connectivity index (χ1n) is 5.04. The predicted molar refractivity (Wildman–Crippen MR) is 68.3 cm³/mol. The lowest BCUT2D eigenvalue weighted by molar-refractivity contribution is 0.350. The first kappa shape index (κ1) is 11.9. The molecule has 1 aromatic heterocycles. The Hall–Kier alpha value is -1.57. The van der Waals surface area contributed by atoms with E-state index in [1.54, 1.807) is 0 Å². The SMILES string of the molecule is Cc1noc(-c2ccc(Br)cc2)c1C#CCO. The Labute approximate surface area is 108 Å². The third kappa shape index (κ3) is 2.57. The molecule has 0 atom stereocenters. The average Bonchev–Trinajstić information content (AvgIpc) is 2.69. The summed E-state index contributed by atoms with van der Waals surface area (Å²) in [5, 5.41) is 12.6. The summed E-state index contributed by atoms with van der Waals surface area (Å²) in [5.41, 5.74) is 2.36. The van der Waals surface area contributed by atoms with Crippen LogP contribution in [-0.2, 0) is 0 Å². The Morgan fingerprint density at radius 2 is 2.06 bits per heavy atom. The second kappa shape index (κ2) is 5.17. The number of hydrogen-bond donors (Lipinski definition) is 1. The molecule has 0 aliphatic carbocycles. The van der Waals surface area contributed by atoms with Gasteiger partial charge in [-0.15, -0.1) is 0 Å². The molecule has 1 aromatic carbocycles. The van der Waals surface area contributed by atoms with Gasteiger partial charge in [-0.3, -0.25) is 0 Å². The van der Waals surface area contributed by atoms with E-state index in [2.05, 4.69) is 32.9 Å². The highest BCUT2D eigenvalue weighted by molar-refractivity contribution is 9.10. The Morgan fingerprint density at radius 1 is 1.35 bits per heavy atom.